The summed E-state index contributed by atoms with van der Waals surface area (Å²) in [6, 6.07) is 9.72. The third-order valence-electron chi connectivity index (χ3n) is 3.89. The molecule has 0 aromatic heterocycles. The summed E-state index contributed by atoms with van der Waals surface area (Å²) in [5.41, 5.74) is -0.542. The summed E-state index contributed by atoms with van der Waals surface area (Å²) in [5, 5.41) is 13.7. The highest BCUT2D eigenvalue weighted by atomic mass is 16.6. The standard InChI is InChI=1S/C20H20N2O8/c1-4-29-19(24)13-9-14(11-15(10-13)22(26)27)20(25)30-12(2)18(23)21-16-7-5-6-8-17(16)28-3/h5-12H,4H2,1-3H3,(H,21,23). The van der Waals surface area contributed by atoms with Gasteiger partial charge in [-0.1, -0.05) is 12.1 Å². The molecule has 0 heterocycles. The largest absolute Gasteiger partial charge is 0.495 e. The Morgan fingerprint density at radius 1 is 1.10 bits per heavy atom. The molecule has 2 rings (SSSR count). The number of ether oxygens (including phenoxy) is 3. The maximum atomic E-state index is 12.4. The molecule has 0 aliphatic rings. The minimum atomic E-state index is -1.23. The molecule has 1 unspecified atom stereocenters. The van der Waals surface area contributed by atoms with Gasteiger partial charge in [-0.05, 0) is 32.0 Å². The van der Waals surface area contributed by atoms with Crippen molar-refractivity contribution >= 4 is 29.2 Å². The van der Waals surface area contributed by atoms with Crippen molar-refractivity contribution < 1.29 is 33.5 Å². The van der Waals surface area contributed by atoms with Crippen molar-refractivity contribution in [2.24, 2.45) is 0 Å². The summed E-state index contributed by atoms with van der Waals surface area (Å²) in [4.78, 5) is 47.1. The van der Waals surface area contributed by atoms with Gasteiger partial charge >= 0.3 is 11.9 Å². The van der Waals surface area contributed by atoms with Gasteiger partial charge in [0.1, 0.15) is 5.75 Å². The van der Waals surface area contributed by atoms with Crippen molar-refractivity contribution in [2.75, 3.05) is 19.0 Å². The molecule has 0 saturated heterocycles. The lowest BCUT2D eigenvalue weighted by Gasteiger charge is -2.15. The van der Waals surface area contributed by atoms with Crippen molar-refractivity contribution in [1.82, 2.24) is 0 Å². The number of nitrogens with one attached hydrogen (secondary N) is 1. The summed E-state index contributed by atoms with van der Waals surface area (Å²) >= 11 is 0. The van der Waals surface area contributed by atoms with Crippen molar-refractivity contribution in [3.05, 3.63) is 63.7 Å². The lowest BCUT2D eigenvalue weighted by Crippen LogP contribution is -2.30. The van der Waals surface area contributed by atoms with Crippen LogP contribution >= 0.6 is 0 Å². The van der Waals surface area contributed by atoms with Crippen LogP contribution in [-0.4, -0.2) is 42.6 Å². The van der Waals surface area contributed by atoms with Crippen LogP contribution in [0.25, 0.3) is 0 Å². The third kappa shape index (κ3) is 5.53. The van der Waals surface area contributed by atoms with Gasteiger partial charge in [0.05, 0.1) is 35.5 Å². The van der Waals surface area contributed by atoms with Crippen LogP contribution < -0.4 is 10.1 Å². The van der Waals surface area contributed by atoms with Crippen LogP contribution in [0.3, 0.4) is 0 Å². The van der Waals surface area contributed by atoms with Gasteiger partial charge < -0.3 is 19.5 Å². The fourth-order valence-corrected chi connectivity index (χ4v) is 2.43. The molecular formula is C20H20N2O8. The zero-order valence-corrected chi connectivity index (χ0v) is 16.5. The second-order valence-electron chi connectivity index (χ2n) is 5.98. The molecule has 0 radical (unpaired) electrons. The van der Waals surface area contributed by atoms with Crippen LogP contribution in [0.1, 0.15) is 34.6 Å². The maximum Gasteiger partial charge on any atom is 0.339 e. The van der Waals surface area contributed by atoms with E-state index in [9.17, 15) is 24.5 Å². The number of hydrogen-bond donors (Lipinski definition) is 1. The summed E-state index contributed by atoms with van der Waals surface area (Å²) in [6.07, 6.45) is -1.23. The third-order valence-corrected chi connectivity index (χ3v) is 3.89. The van der Waals surface area contributed by atoms with Crippen molar-refractivity contribution in [2.45, 2.75) is 20.0 Å². The number of para-hydroxylation sites is 2. The Kier molecular flexibility index (Phi) is 7.45. The van der Waals surface area contributed by atoms with Gasteiger partial charge in [-0.2, -0.15) is 0 Å². The summed E-state index contributed by atoms with van der Waals surface area (Å²) in [7, 11) is 1.44. The number of rotatable bonds is 8. The molecule has 2 aromatic carbocycles. The van der Waals surface area contributed by atoms with Crippen molar-refractivity contribution in [3.8, 4) is 5.75 Å². The molecule has 0 aliphatic carbocycles. The number of non-ortho nitro benzene ring substituents is 1. The number of carbonyl (C=O) groups excluding carboxylic acids is 3. The molecule has 0 saturated carbocycles. The van der Waals surface area contributed by atoms with E-state index in [0.29, 0.717) is 11.4 Å². The predicted molar refractivity (Wildman–Crippen MR) is 106 cm³/mol. The highest BCUT2D eigenvalue weighted by molar-refractivity contribution is 6.00. The molecule has 0 aliphatic heterocycles. The second-order valence-corrected chi connectivity index (χ2v) is 5.98. The van der Waals surface area contributed by atoms with E-state index in [4.69, 9.17) is 14.2 Å². The predicted octanol–water partition coefficient (Wildman–Crippen LogP) is 2.96. The fraction of sp³-hybridized carbons (Fsp3) is 0.250. The monoisotopic (exact) mass is 416 g/mol. The van der Waals surface area contributed by atoms with Gasteiger partial charge in [0.15, 0.2) is 6.10 Å². The van der Waals surface area contributed by atoms with Crippen LogP contribution in [0.5, 0.6) is 5.75 Å². The van der Waals surface area contributed by atoms with E-state index in [2.05, 4.69) is 5.32 Å². The smallest absolute Gasteiger partial charge is 0.339 e. The van der Waals surface area contributed by atoms with E-state index in [1.807, 2.05) is 0 Å². The zero-order valence-electron chi connectivity index (χ0n) is 16.5. The number of methoxy groups -OCH3 is 1. The SMILES string of the molecule is CCOC(=O)c1cc(C(=O)OC(C)C(=O)Nc2ccccc2OC)cc([N+](=O)[O-])c1. The number of nitro groups is 1. The molecule has 10 nitrogen and oxygen atoms in total. The first kappa shape index (κ1) is 22.3. The van der Waals surface area contributed by atoms with Crippen LogP contribution in [0.4, 0.5) is 11.4 Å². The first-order chi connectivity index (χ1) is 14.3. The molecule has 1 atom stereocenters. The molecule has 0 fully saturated rings. The Bertz CT molecular complexity index is 973. The van der Waals surface area contributed by atoms with E-state index < -0.39 is 34.6 Å². The summed E-state index contributed by atoms with van der Waals surface area (Å²) < 4.78 is 15.1. The molecule has 1 amide bonds. The second kappa shape index (κ2) is 10.0. The Morgan fingerprint density at radius 2 is 1.73 bits per heavy atom. The Balaban J connectivity index is 2.18. The van der Waals surface area contributed by atoms with Gasteiger partial charge in [0, 0.05) is 12.1 Å². The Hall–Kier alpha value is -3.95. The van der Waals surface area contributed by atoms with Crippen molar-refractivity contribution in [1.29, 1.82) is 0 Å². The number of anilines is 1. The number of carbonyl (C=O) groups is 3. The van der Waals surface area contributed by atoms with E-state index in [1.165, 1.54) is 14.0 Å². The van der Waals surface area contributed by atoms with Gasteiger partial charge in [0.25, 0.3) is 11.6 Å². The number of benzene rings is 2. The first-order valence-electron chi connectivity index (χ1n) is 8.88. The molecule has 0 bridgehead atoms. The fourth-order valence-electron chi connectivity index (χ4n) is 2.43. The van der Waals surface area contributed by atoms with Crippen LogP contribution in [0.15, 0.2) is 42.5 Å². The van der Waals surface area contributed by atoms with Gasteiger partial charge in [-0.25, -0.2) is 9.59 Å². The van der Waals surface area contributed by atoms with Crippen LogP contribution in [0.2, 0.25) is 0 Å². The highest BCUT2D eigenvalue weighted by Gasteiger charge is 2.23. The lowest BCUT2D eigenvalue weighted by atomic mass is 10.1. The van der Waals surface area contributed by atoms with Crippen molar-refractivity contribution in [3.63, 3.8) is 0 Å². The van der Waals surface area contributed by atoms with Crippen LogP contribution in [-0.2, 0) is 14.3 Å². The quantitative estimate of drug-likeness (QED) is 0.394. The molecule has 158 valence electrons. The number of esters is 2. The number of nitro benzene ring substituents is 1. The Labute approximate surface area is 171 Å². The molecule has 30 heavy (non-hydrogen) atoms. The van der Waals surface area contributed by atoms with E-state index >= 15 is 0 Å². The molecule has 10 heteroatoms. The molecular weight excluding hydrogens is 396 g/mol. The molecule has 0 spiro atoms. The van der Waals surface area contributed by atoms with E-state index in [0.717, 1.165) is 18.2 Å². The number of hydrogen-bond acceptors (Lipinski definition) is 8. The van der Waals surface area contributed by atoms with Crippen LogP contribution in [0, 0.1) is 10.1 Å². The zero-order chi connectivity index (χ0) is 22.3. The maximum absolute atomic E-state index is 12.4. The van der Waals surface area contributed by atoms with Gasteiger partial charge in [-0.15, -0.1) is 0 Å². The summed E-state index contributed by atoms with van der Waals surface area (Å²) in [6.45, 7) is 2.97. The Morgan fingerprint density at radius 3 is 2.33 bits per heavy atom. The normalized spacial score (nSPS) is 11.2. The number of amides is 1. The molecule has 1 N–H and O–H groups in total. The van der Waals surface area contributed by atoms with E-state index in [1.54, 1.807) is 31.2 Å². The lowest BCUT2D eigenvalue weighted by molar-refractivity contribution is -0.384. The minimum absolute atomic E-state index is 0.0570. The minimum Gasteiger partial charge on any atom is -0.495 e. The van der Waals surface area contributed by atoms with Gasteiger partial charge in [-0.3, -0.25) is 14.9 Å². The highest BCUT2D eigenvalue weighted by Crippen LogP contribution is 2.24. The first-order valence-corrected chi connectivity index (χ1v) is 8.88. The average molecular weight is 416 g/mol. The molecule has 2 aromatic rings. The van der Waals surface area contributed by atoms with Gasteiger partial charge in [0.2, 0.25) is 0 Å². The van der Waals surface area contributed by atoms with E-state index in [-0.39, 0.29) is 17.7 Å². The number of nitrogens with zero attached hydrogens (tertiary/aromatic N) is 1. The average Bonchev–Trinajstić information content (AvgIpc) is 2.73. The summed E-state index contributed by atoms with van der Waals surface area (Å²) in [5.74, 6) is -2.05. The topological polar surface area (TPSA) is 134 Å².